The van der Waals surface area contributed by atoms with Crippen molar-refractivity contribution in [3.63, 3.8) is 0 Å². The van der Waals surface area contributed by atoms with Crippen molar-refractivity contribution in [3.05, 3.63) is 52.8 Å². The number of hydrogen-bond donors (Lipinski definition) is 2. The molecule has 0 atom stereocenters. The molecule has 0 aliphatic rings. The Morgan fingerprint density at radius 1 is 1.20 bits per heavy atom. The average Bonchev–Trinajstić information content (AvgIpc) is 2.60. The van der Waals surface area contributed by atoms with Crippen LogP contribution in [0.1, 0.15) is 34.7 Å². The van der Waals surface area contributed by atoms with E-state index in [0.717, 1.165) is 0 Å². The summed E-state index contributed by atoms with van der Waals surface area (Å²) in [7, 11) is 1.50. The quantitative estimate of drug-likeness (QED) is 0.826. The predicted molar refractivity (Wildman–Crippen MR) is 97.4 cm³/mol. The third-order valence-electron chi connectivity index (χ3n) is 3.34. The zero-order valence-corrected chi connectivity index (χ0v) is 15.1. The zero-order chi connectivity index (χ0) is 18.4. The molecule has 0 saturated heterocycles. The highest BCUT2D eigenvalue weighted by Crippen LogP contribution is 2.28. The fraction of sp³-hybridized carbons (Fsp3) is 0.278. The standard InChI is InChI=1S/C18H20ClN3O3/c1-11(2)10-21-18(24)15-8-12(6-7-20-15)17(23)22-14-9-13(19)4-5-16(14)25-3/h4-9,11H,10H2,1-3H3,(H,21,24)(H,22,23). The molecule has 0 radical (unpaired) electrons. The van der Waals surface area contributed by atoms with Gasteiger partial charge >= 0.3 is 0 Å². The van der Waals surface area contributed by atoms with E-state index < -0.39 is 0 Å². The van der Waals surface area contributed by atoms with Gasteiger partial charge in [0.05, 0.1) is 12.8 Å². The molecule has 0 aliphatic carbocycles. The number of aromatic nitrogens is 1. The summed E-state index contributed by atoms with van der Waals surface area (Å²) in [5.74, 6) is 0.108. The van der Waals surface area contributed by atoms with Crippen LogP contribution in [0.3, 0.4) is 0 Å². The van der Waals surface area contributed by atoms with Crippen LogP contribution in [0.15, 0.2) is 36.5 Å². The molecule has 0 aliphatic heterocycles. The summed E-state index contributed by atoms with van der Waals surface area (Å²) in [5.41, 5.74) is 0.945. The predicted octanol–water partition coefficient (Wildman–Crippen LogP) is 3.38. The molecule has 1 heterocycles. The minimum Gasteiger partial charge on any atom is -0.495 e. The van der Waals surface area contributed by atoms with Crippen LogP contribution in [0.25, 0.3) is 0 Å². The lowest BCUT2D eigenvalue weighted by Crippen LogP contribution is -2.28. The van der Waals surface area contributed by atoms with Gasteiger partial charge in [-0.05, 0) is 36.2 Å². The van der Waals surface area contributed by atoms with Gasteiger partial charge in [-0.15, -0.1) is 0 Å². The van der Waals surface area contributed by atoms with Crippen LogP contribution in [-0.4, -0.2) is 30.5 Å². The number of amides is 2. The fourth-order valence-electron chi connectivity index (χ4n) is 2.06. The van der Waals surface area contributed by atoms with Gasteiger partial charge in [-0.25, -0.2) is 0 Å². The van der Waals surface area contributed by atoms with Crippen LogP contribution in [0.2, 0.25) is 5.02 Å². The van der Waals surface area contributed by atoms with Gasteiger partial charge in [-0.3, -0.25) is 14.6 Å². The Kier molecular flexibility index (Phi) is 6.36. The lowest BCUT2D eigenvalue weighted by Gasteiger charge is -2.11. The Hall–Kier alpha value is -2.60. The first-order valence-electron chi connectivity index (χ1n) is 7.80. The van der Waals surface area contributed by atoms with Gasteiger partial charge in [0.25, 0.3) is 11.8 Å². The van der Waals surface area contributed by atoms with Crippen molar-refractivity contribution in [2.75, 3.05) is 19.0 Å². The normalized spacial score (nSPS) is 10.4. The number of carbonyl (C=O) groups excluding carboxylic acids is 2. The molecule has 2 rings (SSSR count). The number of anilines is 1. The Bertz CT molecular complexity index is 778. The summed E-state index contributed by atoms with van der Waals surface area (Å²) in [4.78, 5) is 28.6. The van der Waals surface area contributed by atoms with Crippen molar-refractivity contribution in [3.8, 4) is 5.75 Å². The maximum Gasteiger partial charge on any atom is 0.269 e. The van der Waals surface area contributed by atoms with E-state index in [0.29, 0.717) is 34.5 Å². The van der Waals surface area contributed by atoms with Gasteiger partial charge in [0.15, 0.2) is 0 Å². The number of nitrogens with zero attached hydrogens (tertiary/aromatic N) is 1. The summed E-state index contributed by atoms with van der Waals surface area (Å²) < 4.78 is 5.20. The third-order valence-corrected chi connectivity index (χ3v) is 3.57. The first-order chi connectivity index (χ1) is 11.9. The van der Waals surface area contributed by atoms with Crippen molar-refractivity contribution >= 4 is 29.1 Å². The summed E-state index contributed by atoms with van der Waals surface area (Å²) in [6.07, 6.45) is 1.43. The Morgan fingerprint density at radius 3 is 2.64 bits per heavy atom. The Morgan fingerprint density at radius 2 is 1.96 bits per heavy atom. The summed E-state index contributed by atoms with van der Waals surface area (Å²) in [6.45, 7) is 4.53. The van der Waals surface area contributed by atoms with E-state index in [2.05, 4.69) is 15.6 Å². The van der Waals surface area contributed by atoms with Crippen molar-refractivity contribution in [2.24, 2.45) is 5.92 Å². The second-order valence-electron chi connectivity index (χ2n) is 5.83. The number of hydrogen-bond acceptors (Lipinski definition) is 4. The molecule has 2 N–H and O–H groups in total. The maximum atomic E-state index is 12.5. The van der Waals surface area contributed by atoms with E-state index in [1.807, 2.05) is 13.8 Å². The van der Waals surface area contributed by atoms with E-state index in [1.165, 1.54) is 25.4 Å². The fourth-order valence-corrected chi connectivity index (χ4v) is 2.23. The first-order valence-corrected chi connectivity index (χ1v) is 8.17. The number of nitrogens with one attached hydrogen (secondary N) is 2. The lowest BCUT2D eigenvalue weighted by atomic mass is 10.2. The summed E-state index contributed by atoms with van der Waals surface area (Å²) in [6, 6.07) is 7.90. The van der Waals surface area contributed by atoms with E-state index in [1.54, 1.807) is 18.2 Å². The van der Waals surface area contributed by atoms with Crippen LogP contribution in [0, 0.1) is 5.92 Å². The van der Waals surface area contributed by atoms with Crippen LogP contribution in [0.4, 0.5) is 5.69 Å². The molecule has 0 unspecified atom stereocenters. The highest BCUT2D eigenvalue weighted by atomic mass is 35.5. The first kappa shape index (κ1) is 18.7. The molecule has 0 spiro atoms. The van der Waals surface area contributed by atoms with Crippen LogP contribution >= 0.6 is 11.6 Å². The van der Waals surface area contributed by atoms with Gasteiger partial charge < -0.3 is 15.4 Å². The molecule has 0 bridgehead atoms. The molecule has 6 nitrogen and oxygen atoms in total. The zero-order valence-electron chi connectivity index (χ0n) is 14.3. The molecule has 25 heavy (non-hydrogen) atoms. The number of rotatable bonds is 6. The van der Waals surface area contributed by atoms with Crippen LogP contribution in [0.5, 0.6) is 5.75 Å². The van der Waals surface area contributed by atoms with Crippen molar-refractivity contribution in [1.82, 2.24) is 10.3 Å². The monoisotopic (exact) mass is 361 g/mol. The number of carbonyl (C=O) groups is 2. The Labute approximate surface area is 151 Å². The van der Waals surface area contributed by atoms with Crippen LogP contribution < -0.4 is 15.4 Å². The van der Waals surface area contributed by atoms with E-state index in [-0.39, 0.29) is 17.5 Å². The lowest BCUT2D eigenvalue weighted by molar-refractivity contribution is 0.0944. The van der Waals surface area contributed by atoms with Crippen molar-refractivity contribution in [1.29, 1.82) is 0 Å². The highest BCUT2D eigenvalue weighted by Gasteiger charge is 2.14. The number of pyridine rings is 1. The molecular weight excluding hydrogens is 342 g/mol. The van der Waals surface area contributed by atoms with Gasteiger partial charge in [0.2, 0.25) is 0 Å². The SMILES string of the molecule is COc1ccc(Cl)cc1NC(=O)c1ccnc(C(=O)NCC(C)C)c1. The van der Waals surface area contributed by atoms with Gasteiger partial charge in [-0.2, -0.15) is 0 Å². The number of ether oxygens (including phenoxy) is 1. The molecule has 132 valence electrons. The number of halogens is 1. The third kappa shape index (κ3) is 5.19. The van der Waals surface area contributed by atoms with Gasteiger partial charge in [0, 0.05) is 23.3 Å². The molecule has 2 amide bonds. The minimum absolute atomic E-state index is 0.186. The maximum absolute atomic E-state index is 12.5. The van der Waals surface area contributed by atoms with Gasteiger partial charge in [-0.1, -0.05) is 25.4 Å². The average molecular weight is 362 g/mol. The van der Waals surface area contributed by atoms with Gasteiger partial charge in [0.1, 0.15) is 11.4 Å². The number of methoxy groups -OCH3 is 1. The van der Waals surface area contributed by atoms with Crippen LogP contribution in [-0.2, 0) is 0 Å². The second-order valence-corrected chi connectivity index (χ2v) is 6.27. The van der Waals surface area contributed by atoms with E-state index in [4.69, 9.17) is 16.3 Å². The molecule has 0 fully saturated rings. The van der Waals surface area contributed by atoms with E-state index >= 15 is 0 Å². The Balaban J connectivity index is 2.16. The summed E-state index contributed by atoms with van der Waals surface area (Å²) in [5, 5.41) is 5.97. The molecule has 2 aromatic rings. The topological polar surface area (TPSA) is 80.3 Å². The minimum atomic E-state index is -0.388. The molecule has 1 aromatic heterocycles. The molecule has 0 saturated carbocycles. The molecule has 1 aromatic carbocycles. The highest BCUT2D eigenvalue weighted by molar-refractivity contribution is 6.31. The second kappa shape index (κ2) is 8.48. The van der Waals surface area contributed by atoms with E-state index in [9.17, 15) is 9.59 Å². The van der Waals surface area contributed by atoms with Crippen molar-refractivity contribution < 1.29 is 14.3 Å². The van der Waals surface area contributed by atoms with Crippen molar-refractivity contribution in [2.45, 2.75) is 13.8 Å². The molecular formula is C18H20ClN3O3. The largest absolute Gasteiger partial charge is 0.495 e. The number of benzene rings is 1. The summed E-state index contributed by atoms with van der Waals surface area (Å²) >= 11 is 5.96. The molecule has 7 heteroatoms. The smallest absolute Gasteiger partial charge is 0.269 e.